The molecule has 0 unspecified atom stereocenters. The summed E-state index contributed by atoms with van der Waals surface area (Å²) in [7, 11) is 0. The summed E-state index contributed by atoms with van der Waals surface area (Å²) in [6.45, 7) is 4.01. The molecule has 0 spiro atoms. The summed E-state index contributed by atoms with van der Waals surface area (Å²) in [6.07, 6.45) is 5.95. The molecule has 0 atom stereocenters. The lowest BCUT2D eigenvalue weighted by Crippen LogP contribution is -2.10. The van der Waals surface area contributed by atoms with E-state index in [1.54, 1.807) is 0 Å². The van der Waals surface area contributed by atoms with E-state index in [-0.39, 0.29) is 5.91 Å². The van der Waals surface area contributed by atoms with Crippen LogP contribution in [0.3, 0.4) is 0 Å². The van der Waals surface area contributed by atoms with E-state index in [0.29, 0.717) is 12.8 Å². The third-order valence-corrected chi connectivity index (χ3v) is 2.00. The number of hydrogen-bond donors (Lipinski definition) is 1. The fraction of sp³-hybridized carbons (Fsp3) is 0.308. The molecule has 0 bridgehead atoms. The summed E-state index contributed by atoms with van der Waals surface area (Å²) in [4.78, 5) is 11.4. The third kappa shape index (κ3) is 3.86. The van der Waals surface area contributed by atoms with Gasteiger partial charge in [0.15, 0.2) is 0 Å². The second-order valence-electron chi connectivity index (χ2n) is 3.63. The summed E-state index contributed by atoms with van der Waals surface area (Å²) in [5, 5.41) is 2.82. The summed E-state index contributed by atoms with van der Waals surface area (Å²) in [5.41, 5.74) is 3.12. The van der Waals surface area contributed by atoms with Gasteiger partial charge >= 0.3 is 0 Å². The van der Waals surface area contributed by atoms with Crippen LogP contribution in [0.25, 0.3) is 0 Å². The van der Waals surface area contributed by atoms with Crippen LogP contribution >= 0.6 is 0 Å². The fourth-order valence-corrected chi connectivity index (χ4v) is 1.46. The first-order valence-corrected chi connectivity index (χ1v) is 4.93. The number of hydrogen-bond acceptors (Lipinski definition) is 1. The van der Waals surface area contributed by atoms with Crippen molar-refractivity contribution in [2.45, 2.75) is 26.7 Å². The quantitative estimate of drug-likeness (QED) is 0.748. The zero-order valence-corrected chi connectivity index (χ0v) is 9.13. The predicted octanol–water partition coefficient (Wildman–Crippen LogP) is 2.66. The maximum atomic E-state index is 11.4. The number of terminal acetylenes is 1. The van der Waals surface area contributed by atoms with E-state index in [0.717, 1.165) is 16.8 Å². The van der Waals surface area contributed by atoms with Gasteiger partial charge in [-0.3, -0.25) is 4.79 Å². The van der Waals surface area contributed by atoms with Gasteiger partial charge in [-0.15, -0.1) is 12.3 Å². The van der Waals surface area contributed by atoms with Crippen LogP contribution in [-0.4, -0.2) is 5.91 Å². The van der Waals surface area contributed by atoms with E-state index >= 15 is 0 Å². The van der Waals surface area contributed by atoms with Gasteiger partial charge in [-0.2, -0.15) is 0 Å². The number of aryl methyl sites for hydroxylation is 2. The van der Waals surface area contributed by atoms with Crippen LogP contribution in [0.1, 0.15) is 24.0 Å². The summed E-state index contributed by atoms with van der Waals surface area (Å²) < 4.78 is 0. The van der Waals surface area contributed by atoms with Crippen LogP contribution < -0.4 is 5.32 Å². The van der Waals surface area contributed by atoms with Crippen molar-refractivity contribution in [3.05, 3.63) is 29.3 Å². The second-order valence-corrected chi connectivity index (χ2v) is 3.63. The lowest BCUT2D eigenvalue weighted by molar-refractivity contribution is -0.116. The van der Waals surface area contributed by atoms with Crippen molar-refractivity contribution >= 4 is 11.6 Å². The molecule has 0 aliphatic rings. The van der Waals surface area contributed by atoms with Gasteiger partial charge < -0.3 is 5.32 Å². The molecule has 0 saturated heterocycles. The minimum atomic E-state index is -0.0297. The van der Waals surface area contributed by atoms with Crippen LogP contribution in [0.5, 0.6) is 0 Å². The summed E-state index contributed by atoms with van der Waals surface area (Å²) in [6, 6.07) is 5.96. The van der Waals surface area contributed by atoms with E-state index in [2.05, 4.69) is 17.3 Å². The van der Waals surface area contributed by atoms with Gasteiger partial charge in [0.1, 0.15) is 0 Å². The maximum Gasteiger partial charge on any atom is 0.225 e. The zero-order chi connectivity index (χ0) is 11.3. The molecule has 0 aliphatic heterocycles. The number of nitrogens with one attached hydrogen (secondary N) is 1. The molecule has 0 aromatic heterocycles. The Balaban J connectivity index is 2.65. The average molecular weight is 201 g/mol. The molecule has 2 heteroatoms. The Kier molecular flexibility index (Phi) is 3.93. The van der Waals surface area contributed by atoms with Gasteiger partial charge in [-0.25, -0.2) is 0 Å². The number of carbonyl (C=O) groups is 1. The number of amides is 1. The second kappa shape index (κ2) is 5.21. The van der Waals surface area contributed by atoms with Crippen molar-refractivity contribution in [1.82, 2.24) is 0 Å². The fourth-order valence-electron chi connectivity index (χ4n) is 1.46. The van der Waals surface area contributed by atoms with Gasteiger partial charge in [0.25, 0.3) is 0 Å². The Morgan fingerprint density at radius 1 is 1.33 bits per heavy atom. The van der Waals surface area contributed by atoms with Crippen molar-refractivity contribution in [3.63, 3.8) is 0 Å². The Morgan fingerprint density at radius 3 is 2.47 bits per heavy atom. The van der Waals surface area contributed by atoms with E-state index in [1.165, 1.54) is 0 Å². The summed E-state index contributed by atoms with van der Waals surface area (Å²) >= 11 is 0. The number of rotatable bonds is 3. The highest BCUT2D eigenvalue weighted by molar-refractivity contribution is 5.91. The number of benzene rings is 1. The number of anilines is 1. The predicted molar refractivity (Wildman–Crippen MR) is 62.6 cm³/mol. The van der Waals surface area contributed by atoms with Crippen molar-refractivity contribution in [3.8, 4) is 12.3 Å². The molecule has 78 valence electrons. The smallest absolute Gasteiger partial charge is 0.225 e. The molecule has 0 saturated carbocycles. The topological polar surface area (TPSA) is 29.1 Å². The first-order valence-electron chi connectivity index (χ1n) is 4.93. The highest BCUT2D eigenvalue weighted by atomic mass is 16.1. The van der Waals surface area contributed by atoms with Crippen LogP contribution in [0.2, 0.25) is 0 Å². The van der Waals surface area contributed by atoms with Gasteiger partial charge in [0.05, 0.1) is 0 Å². The van der Waals surface area contributed by atoms with Gasteiger partial charge in [0, 0.05) is 18.5 Å². The monoisotopic (exact) mass is 201 g/mol. The van der Waals surface area contributed by atoms with E-state index in [9.17, 15) is 4.79 Å². The van der Waals surface area contributed by atoms with Crippen molar-refractivity contribution in [2.75, 3.05) is 5.32 Å². The molecular weight excluding hydrogens is 186 g/mol. The minimum Gasteiger partial charge on any atom is -0.326 e. The normalized spacial score (nSPS) is 9.40. The molecule has 0 radical (unpaired) electrons. The molecule has 1 rings (SSSR count). The summed E-state index contributed by atoms with van der Waals surface area (Å²) in [5.74, 6) is 2.42. The van der Waals surface area contributed by atoms with Crippen LogP contribution in [0, 0.1) is 26.2 Å². The van der Waals surface area contributed by atoms with Crippen LogP contribution in [0.15, 0.2) is 18.2 Å². The van der Waals surface area contributed by atoms with Gasteiger partial charge in [0.2, 0.25) is 5.91 Å². The Morgan fingerprint density at radius 2 is 1.93 bits per heavy atom. The lowest BCUT2D eigenvalue weighted by atomic mass is 10.1. The third-order valence-electron chi connectivity index (χ3n) is 2.00. The van der Waals surface area contributed by atoms with Crippen LogP contribution in [-0.2, 0) is 4.79 Å². The standard InChI is InChI=1S/C13H15NO/c1-4-5-6-13(15)14-12-8-10(2)7-11(3)9-12/h1,7-9H,5-6H2,2-3H3,(H,14,15). The lowest BCUT2D eigenvalue weighted by Gasteiger charge is -2.06. The minimum absolute atomic E-state index is 0.0297. The molecule has 2 nitrogen and oxygen atoms in total. The first-order chi connectivity index (χ1) is 7.11. The molecule has 1 aromatic rings. The molecule has 0 heterocycles. The van der Waals surface area contributed by atoms with E-state index in [4.69, 9.17) is 6.42 Å². The molecule has 0 fully saturated rings. The van der Waals surface area contributed by atoms with E-state index in [1.807, 2.05) is 26.0 Å². The molecule has 15 heavy (non-hydrogen) atoms. The van der Waals surface area contributed by atoms with Gasteiger partial charge in [-0.05, 0) is 37.1 Å². The highest BCUT2D eigenvalue weighted by Crippen LogP contribution is 2.13. The highest BCUT2D eigenvalue weighted by Gasteiger charge is 2.01. The van der Waals surface area contributed by atoms with E-state index < -0.39 is 0 Å². The van der Waals surface area contributed by atoms with Crippen molar-refractivity contribution < 1.29 is 4.79 Å². The van der Waals surface area contributed by atoms with Crippen molar-refractivity contribution in [2.24, 2.45) is 0 Å². The molecular formula is C13H15NO. The maximum absolute atomic E-state index is 11.4. The van der Waals surface area contributed by atoms with Crippen molar-refractivity contribution in [1.29, 1.82) is 0 Å². The molecule has 0 aliphatic carbocycles. The Labute approximate surface area is 90.7 Å². The number of carbonyl (C=O) groups excluding carboxylic acids is 1. The SMILES string of the molecule is C#CCCC(=O)Nc1cc(C)cc(C)c1. The first kappa shape index (κ1) is 11.3. The Hall–Kier alpha value is -1.75. The van der Waals surface area contributed by atoms with Crippen LogP contribution in [0.4, 0.5) is 5.69 Å². The zero-order valence-electron chi connectivity index (χ0n) is 9.13. The molecule has 1 aromatic carbocycles. The van der Waals surface area contributed by atoms with Gasteiger partial charge in [-0.1, -0.05) is 6.07 Å². The average Bonchev–Trinajstić information content (AvgIpc) is 2.13. The molecule has 1 amide bonds. The Bertz CT molecular complexity index is 381. The molecule has 1 N–H and O–H groups in total. The largest absolute Gasteiger partial charge is 0.326 e.